The first kappa shape index (κ1) is 16.8. The average Bonchev–Trinajstić information content (AvgIpc) is 2.37. The van der Waals surface area contributed by atoms with Crippen molar-refractivity contribution in [3.05, 3.63) is 0 Å². The monoisotopic (exact) mass is 288 g/mol. The fourth-order valence-electron chi connectivity index (χ4n) is 3.47. The maximum atomic E-state index is 12.7. The van der Waals surface area contributed by atoms with Crippen LogP contribution in [0.3, 0.4) is 0 Å². The van der Waals surface area contributed by atoms with Gasteiger partial charge >= 0.3 is 0 Å². The molecule has 0 aromatic rings. The highest BCUT2D eigenvalue weighted by Crippen LogP contribution is 2.26. The van der Waals surface area contributed by atoms with E-state index in [-0.39, 0.29) is 18.3 Å². The molecule has 1 amide bonds. The number of hydrogen-bond acceptors (Lipinski definition) is 2. The molecule has 1 saturated carbocycles. The van der Waals surface area contributed by atoms with Crippen LogP contribution in [0.4, 0.5) is 0 Å². The van der Waals surface area contributed by atoms with Gasteiger partial charge in [-0.05, 0) is 32.1 Å². The summed E-state index contributed by atoms with van der Waals surface area (Å²) in [5.41, 5.74) is 5.82. The number of hydrogen-bond donors (Lipinski definition) is 1. The Hall–Kier alpha value is -0.280. The van der Waals surface area contributed by atoms with Crippen molar-refractivity contribution in [2.75, 3.05) is 13.1 Å². The van der Waals surface area contributed by atoms with Crippen LogP contribution in [0.25, 0.3) is 0 Å². The number of carbonyl (C=O) groups is 1. The SMILES string of the molecule is Cl.NCC1CCCCN1C(=O)C1CCCCCCC1. The van der Waals surface area contributed by atoms with Crippen LogP contribution in [-0.2, 0) is 4.79 Å². The van der Waals surface area contributed by atoms with Gasteiger partial charge in [-0.2, -0.15) is 0 Å². The predicted octanol–water partition coefficient (Wildman–Crippen LogP) is 3.11. The van der Waals surface area contributed by atoms with E-state index in [4.69, 9.17) is 5.73 Å². The zero-order valence-electron chi connectivity index (χ0n) is 12.0. The van der Waals surface area contributed by atoms with Gasteiger partial charge in [0, 0.05) is 25.0 Å². The smallest absolute Gasteiger partial charge is 0.225 e. The summed E-state index contributed by atoms with van der Waals surface area (Å²) >= 11 is 0. The molecule has 0 spiro atoms. The Kier molecular flexibility index (Phi) is 7.77. The van der Waals surface area contributed by atoms with Crippen molar-refractivity contribution in [1.82, 2.24) is 4.90 Å². The van der Waals surface area contributed by atoms with Crippen molar-refractivity contribution in [2.45, 2.75) is 70.3 Å². The topological polar surface area (TPSA) is 46.3 Å². The third kappa shape index (κ3) is 4.64. The molecule has 1 unspecified atom stereocenters. The van der Waals surface area contributed by atoms with Crippen molar-refractivity contribution < 1.29 is 4.79 Å². The highest BCUT2D eigenvalue weighted by Gasteiger charge is 2.30. The van der Waals surface area contributed by atoms with Crippen LogP contribution in [-0.4, -0.2) is 29.9 Å². The molecule has 0 radical (unpaired) electrons. The van der Waals surface area contributed by atoms with Gasteiger partial charge in [0.25, 0.3) is 0 Å². The molecular formula is C15H29ClN2O. The summed E-state index contributed by atoms with van der Waals surface area (Å²) < 4.78 is 0. The molecule has 2 fully saturated rings. The highest BCUT2D eigenvalue weighted by molar-refractivity contribution is 5.85. The van der Waals surface area contributed by atoms with E-state index in [9.17, 15) is 4.79 Å². The molecule has 1 saturated heterocycles. The van der Waals surface area contributed by atoms with Gasteiger partial charge < -0.3 is 10.6 Å². The Morgan fingerprint density at radius 1 is 0.947 bits per heavy atom. The number of nitrogens with zero attached hydrogens (tertiary/aromatic N) is 1. The number of halogens is 1. The molecule has 3 nitrogen and oxygen atoms in total. The Labute approximate surface area is 123 Å². The fourth-order valence-corrected chi connectivity index (χ4v) is 3.47. The standard InChI is InChI=1S/C15H28N2O.ClH/c16-12-14-10-6-7-11-17(14)15(18)13-8-4-2-1-3-5-9-13;/h13-14H,1-12,16H2;1H. The normalized spacial score (nSPS) is 26.2. The second-order valence-electron chi connectivity index (χ2n) is 5.96. The quantitative estimate of drug-likeness (QED) is 0.849. The van der Waals surface area contributed by atoms with Crippen LogP contribution < -0.4 is 5.73 Å². The summed E-state index contributed by atoms with van der Waals surface area (Å²) in [4.78, 5) is 14.8. The van der Waals surface area contributed by atoms with Crippen molar-refractivity contribution in [2.24, 2.45) is 11.7 Å². The first-order chi connectivity index (χ1) is 8.83. The second-order valence-corrected chi connectivity index (χ2v) is 5.96. The second kappa shape index (κ2) is 8.80. The average molecular weight is 289 g/mol. The largest absolute Gasteiger partial charge is 0.338 e. The van der Waals surface area contributed by atoms with Gasteiger partial charge in [0.1, 0.15) is 0 Å². The summed E-state index contributed by atoms with van der Waals surface area (Å²) in [5, 5.41) is 0. The lowest BCUT2D eigenvalue weighted by Crippen LogP contribution is -2.49. The molecule has 0 bridgehead atoms. The van der Waals surface area contributed by atoms with Gasteiger partial charge in [0.05, 0.1) is 0 Å². The van der Waals surface area contributed by atoms with Crippen LogP contribution in [0.15, 0.2) is 0 Å². The van der Waals surface area contributed by atoms with Gasteiger partial charge in [0.15, 0.2) is 0 Å². The molecule has 1 aliphatic heterocycles. The van der Waals surface area contributed by atoms with Crippen LogP contribution in [0.5, 0.6) is 0 Å². The predicted molar refractivity (Wildman–Crippen MR) is 81.5 cm³/mol. The number of nitrogens with two attached hydrogens (primary N) is 1. The van der Waals surface area contributed by atoms with E-state index in [1.807, 2.05) is 0 Å². The minimum atomic E-state index is 0. The maximum absolute atomic E-state index is 12.7. The van der Waals surface area contributed by atoms with Crippen molar-refractivity contribution in [3.8, 4) is 0 Å². The third-order valence-corrected chi connectivity index (χ3v) is 4.64. The van der Waals surface area contributed by atoms with E-state index in [1.165, 1.54) is 38.5 Å². The summed E-state index contributed by atoms with van der Waals surface area (Å²) in [7, 11) is 0. The molecule has 4 heteroatoms. The Morgan fingerprint density at radius 3 is 2.16 bits per heavy atom. The molecular weight excluding hydrogens is 260 g/mol. The summed E-state index contributed by atoms with van der Waals surface area (Å²) in [6.45, 7) is 1.58. The number of likely N-dealkylation sites (tertiary alicyclic amines) is 1. The Morgan fingerprint density at radius 2 is 1.53 bits per heavy atom. The number of carbonyl (C=O) groups excluding carboxylic acids is 1. The van der Waals surface area contributed by atoms with E-state index in [2.05, 4.69) is 4.90 Å². The van der Waals surface area contributed by atoms with E-state index in [1.54, 1.807) is 0 Å². The van der Waals surface area contributed by atoms with E-state index in [0.29, 0.717) is 18.5 Å². The van der Waals surface area contributed by atoms with Gasteiger partial charge in [-0.3, -0.25) is 4.79 Å². The maximum Gasteiger partial charge on any atom is 0.225 e. The first-order valence-electron chi connectivity index (χ1n) is 7.83. The molecule has 2 N–H and O–H groups in total. The highest BCUT2D eigenvalue weighted by atomic mass is 35.5. The van der Waals surface area contributed by atoms with Crippen LogP contribution in [0, 0.1) is 5.92 Å². The van der Waals surface area contributed by atoms with Gasteiger partial charge in [-0.1, -0.05) is 32.1 Å². The van der Waals surface area contributed by atoms with Crippen molar-refractivity contribution >= 4 is 18.3 Å². The summed E-state index contributed by atoms with van der Waals surface area (Å²) in [6.07, 6.45) is 12.2. The van der Waals surface area contributed by atoms with Crippen molar-refractivity contribution in [3.63, 3.8) is 0 Å². The van der Waals surface area contributed by atoms with Gasteiger partial charge in [-0.15, -0.1) is 12.4 Å². The Bertz CT molecular complexity index is 265. The molecule has 2 aliphatic rings. The molecule has 1 atom stereocenters. The molecule has 112 valence electrons. The molecule has 0 aromatic heterocycles. The van der Waals surface area contributed by atoms with Crippen LogP contribution in [0.1, 0.15) is 64.2 Å². The first-order valence-corrected chi connectivity index (χ1v) is 7.83. The molecule has 1 aliphatic carbocycles. The minimum absolute atomic E-state index is 0. The molecule has 2 rings (SSSR count). The number of rotatable bonds is 2. The van der Waals surface area contributed by atoms with E-state index in [0.717, 1.165) is 32.2 Å². The van der Waals surface area contributed by atoms with E-state index < -0.39 is 0 Å². The molecule has 0 aromatic carbocycles. The van der Waals surface area contributed by atoms with E-state index >= 15 is 0 Å². The summed E-state index contributed by atoms with van der Waals surface area (Å²) in [5.74, 6) is 0.699. The fraction of sp³-hybridized carbons (Fsp3) is 0.933. The van der Waals surface area contributed by atoms with Crippen LogP contribution in [0.2, 0.25) is 0 Å². The zero-order valence-corrected chi connectivity index (χ0v) is 12.8. The zero-order chi connectivity index (χ0) is 12.8. The molecule has 19 heavy (non-hydrogen) atoms. The minimum Gasteiger partial charge on any atom is -0.338 e. The van der Waals surface area contributed by atoms with Gasteiger partial charge in [-0.25, -0.2) is 0 Å². The lowest BCUT2D eigenvalue weighted by Gasteiger charge is -2.37. The van der Waals surface area contributed by atoms with Crippen molar-refractivity contribution in [1.29, 1.82) is 0 Å². The summed E-state index contributed by atoms with van der Waals surface area (Å²) in [6, 6.07) is 0.316. The number of amides is 1. The molecule has 1 heterocycles. The lowest BCUT2D eigenvalue weighted by atomic mass is 9.89. The third-order valence-electron chi connectivity index (χ3n) is 4.64. The lowest BCUT2D eigenvalue weighted by molar-refractivity contribution is -0.139. The van der Waals surface area contributed by atoms with Gasteiger partial charge in [0.2, 0.25) is 5.91 Å². The number of piperidine rings is 1. The Balaban J connectivity index is 0.00000180. The van der Waals surface area contributed by atoms with Crippen LogP contribution >= 0.6 is 12.4 Å².